The highest BCUT2D eigenvalue weighted by Gasteiger charge is 2.07. The van der Waals surface area contributed by atoms with E-state index in [1.54, 1.807) is 24.3 Å². The Morgan fingerprint density at radius 2 is 2.24 bits per heavy atom. The maximum Gasteiger partial charge on any atom is 0.246 e. The molecule has 0 unspecified atom stereocenters. The van der Waals surface area contributed by atoms with Crippen LogP contribution in [0.1, 0.15) is 5.56 Å². The highest BCUT2D eigenvalue weighted by molar-refractivity contribution is 5.91. The first-order valence-corrected chi connectivity index (χ1v) is 4.99. The number of rotatable bonds is 4. The SMILES string of the molecule is O=C(Cn1cnnn1)Nc1ccccc1CO. The summed E-state index contributed by atoms with van der Waals surface area (Å²) in [6.45, 7) is -0.0892. The molecule has 88 valence electrons. The molecule has 2 rings (SSSR count). The van der Waals surface area contributed by atoms with Crippen LogP contribution < -0.4 is 5.32 Å². The third kappa shape index (κ3) is 2.85. The summed E-state index contributed by atoms with van der Waals surface area (Å²) in [5.41, 5.74) is 1.26. The van der Waals surface area contributed by atoms with Crippen LogP contribution >= 0.6 is 0 Å². The molecule has 0 spiro atoms. The summed E-state index contributed by atoms with van der Waals surface area (Å²) in [7, 11) is 0. The molecule has 7 heteroatoms. The minimum atomic E-state index is -0.252. The van der Waals surface area contributed by atoms with E-state index < -0.39 is 0 Å². The molecule has 2 N–H and O–H groups in total. The number of amides is 1. The van der Waals surface area contributed by atoms with Crippen LogP contribution in [0.5, 0.6) is 0 Å². The van der Waals surface area contributed by atoms with Gasteiger partial charge in [-0.2, -0.15) is 0 Å². The number of aliphatic hydroxyl groups is 1. The minimum absolute atomic E-state index is 0.0345. The first-order chi connectivity index (χ1) is 8.29. The lowest BCUT2D eigenvalue weighted by molar-refractivity contribution is -0.116. The Balaban J connectivity index is 2.03. The van der Waals surface area contributed by atoms with Gasteiger partial charge in [-0.3, -0.25) is 4.79 Å². The largest absolute Gasteiger partial charge is 0.392 e. The lowest BCUT2D eigenvalue weighted by Crippen LogP contribution is -2.19. The summed E-state index contributed by atoms with van der Waals surface area (Å²) in [6, 6.07) is 7.05. The Labute approximate surface area is 97.1 Å². The molecule has 7 nitrogen and oxygen atoms in total. The number of hydrogen-bond donors (Lipinski definition) is 2. The van der Waals surface area contributed by atoms with Crippen molar-refractivity contribution in [2.24, 2.45) is 0 Å². The van der Waals surface area contributed by atoms with Crippen LogP contribution in [0.15, 0.2) is 30.6 Å². The summed E-state index contributed by atoms with van der Waals surface area (Å²) < 4.78 is 1.32. The van der Waals surface area contributed by atoms with Gasteiger partial charge in [-0.25, -0.2) is 4.68 Å². The van der Waals surface area contributed by atoms with Crippen molar-refractivity contribution >= 4 is 11.6 Å². The van der Waals surface area contributed by atoms with E-state index in [2.05, 4.69) is 20.8 Å². The van der Waals surface area contributed by atoms with Gasteiger partial charge in [0.05, 0.1) is 6.61 Å². The van der Waals surface area contributed by atoms with Crippen molar-refractivity contribution in [2.75, 3.05) is 5.32 Å². The quantitative estimate of drug-likeness (QED) is 0.763. The van der Waals surface area contributed by atoms with Gasteiger partial charge in [0.2, 0.25) is 5.91 Å². The Morgan fingerprint density at radius 1 is 1.41 bits per heavy atom. The number of anilines is 1. The van der Waals surface area contributed by atoms with Gasteiger partial charge < -0.3 is 10.4 Å². The van der Waals surface area contributed by atoms with Crippen LogP contribution in [0.3, 0.4) is 0 Å². The zero-order chi connectivity index (χ0) is 12.1. The fourth-order valence-electron chi connectivity index (χ4n) is 1.37. The summed E-state index contributed by atoms with van der Waals surface area (Å²) in [5.74, 6) is -0.252. The number of hydrogen-bond acceptors (Lipinski definition) is 5. The van der Waals surface area contributed by atoms with Gasteiger partial charge in [0, 0.05) is 11.3 Å². The number of para-hydroxylation sites is 1. The summed E-state index contributed by atoms with van der Waals surface area (Å²) in [5, 5.41) is 22.2. The molecule has 0 radical (unpaired) electrons. The minimum Gasteiger partial charge on any atom is -0.392 e. The zero-order valence-corrected chi connectivity index (χ0v) is 8.95. The van der Waals surface area contributed by atoms with Crippen molar-refractivity contribution in [3.63, 3.8) is 0 Å². The molecule has 0 aliphatic heterocycles. The van der Waals surface area contributed by atoms with E-state index in [4.69, 9.17) is 5.11 Å². The molecule has 1 aromatic carbocycles. The smallest absolute Gasteiger partial charge is 0.246 e. The summed E-state index contributed by atoms with van der Waals surface area (Å²) >= 11 is 0. The molecule has 0 fully saturated rings. The molecule has 1 amide bonds. The zero-order valence-electron chi connectivity index (χ0n) is 8.95. The highest BCUT2D eigenvalue weighted by atomic mass is 16.3. The van der Waals surface area contributed by atoms with E-state index in [1.165, 1.54) is 11.0 Å². The van der Waals surface area contributed by atoms with E-state index in [0.717, 1.165) is 0 Å². The lowest BCUT2D eigenvalue weighted by Gasteiger charge is -2.08. The van der Waals surface area contributed by atoms with Crippen molar-refractivity contribution in [1.82, 2.24) is 20.2 Å². The number of carbonyl (C=O) groups excluding carboxylic acids is 1. The number of nitrogens with zero attached hydrogens (tertiary/aromatic N) is 4. The molecular weight excluding hydrogens is 222 g/mol. The molecule has 0 saturated heterocycles. The molecule has 1 heterocycles. The molecule has 2 aromatic rings. The fraction of sp³-hybridized carbons (Fsp3) is 0.200. The van der Waals surface area contributed by atoms with Crippen LogP contribution in [-0.2, 0) is 17.9 Å². The van der Waals surface area contributed by atoms with Crippen molar-refractivity contribution in [1.29, 1.82) is 0 Å². The normalized spacial score (nSPS) is 10.2. The Kier molecular flexibility index (Phi) is 3.41. The Hall–Kier alpha value is -2.28. The van der Waals surface area contributed by atoms with Crippen LogP contribution in [-0.4, -0.2) is 31.2 Å². The molecular formula is C10H11N5O2. The van der Waals surface area contributed by atoms with Gasteiger partial charge >= 0.3 is 0 Å². The maximum atomic E-state index is 11.6. The summed E-state index contributed by atoms with van der Waals surface area (Å²) in [6.07, 6.45) is 1.36. The van der Waals surface area contributed by atoms with E-state index in [1.807, 2.05) is 0 Å². The van der Waals surface area contributed by atoms with Crippen LogP contribution in [0.4, 0.5) is 5.69 Å². The lowest BCUT2D eigenvalue weighted by atomic mass is 10.2. The second-order valence-corrected chi connectivity index (χ2v) is 3.37. The molecule has 0 bridgehead atoms. The second-order valence-electron chi connectivity index (χ2n) is 3.37. The van der Waals surface area contributed by atoms with Crippen LogP contribution in [0.2, 0.25) is 0 Å². The third-order valence-electron chi connectivity index (χ3n) is 2.16. The standard InChI is InChI=1S/C10H11N5O2/c16-6-8-3-1-2-4-9(8)12-10(17)5-15-7-11-13-14-15/h1-4,7,16H,5-6H2,(H,12,17). The second kappa shape index (κ2) is 5.17. The average molecular weight is 233 g/mol. The molecule has 17 heavy (non-hydrogen) atoms. The first kappa shape index (κ1) is 11.2. The van der Waals surface area contributed by atoms with Gasteiger partial charge in [0.1, 0.15) is 12.9 Å². The van der Waals surface area contributed by atoms with E-state index in [0.29, 0.717) is 11.3 Å². The number of nitrogens with one attached hydrogen (secondary N) is 1. The average Bonchev–Trinajstić information content (AvgIpc) is 2.82. The van der Waals surface area contributed by atoms with E-state index in [-0.39, 0.29) is 19.1 Å². The monoisotopic (exact) mass is 233 g/mol. The van der Waals surface area contributed by atoms with Crippen LogP contribution in [0, 0.1) is 0 Å². The molecule has 0 atom stereocenters. The van der Waals surface area contributed by atoms with Gasteiger partial charge in [-0.05, 0) is 16.5 Å². The molecule has 0 saturated carbocycles. The van der Waals surface area contributed by atoms with E-state index >= 15 is 0 Å². The first-order valence-electron chi connectivity index (χ1n) is 4.99. The van der Waals surface area contributed by atoms with Crippen molar-refractivity contribution in [2.45, 2.75) is 13.2 Å². The predicted molar refractivity (Wildman–Crippen MR) is 58.8 cm³/mol. The van der Waals surface area contributed by atoms with Gasteiger partial charge in [-0.15, -0.1) is 5.10 Å². The number of benzene rings is 1. The number of carbonyl (C=O) groups is 1. The van der Waals surface area contributed by atoms with Gasteiger partial charge in [0.15, 0.2) is 0 Å². The summed E-state index contributed by atoms with van der Waals surface area (Å²) in [4.78, 5) is 11.6. The number of aromatic nitrogens is 4. The highest BCUT2D eigenvalue weighted by Crippen LogP contribution is 2.14. The van der Waals surface area contributed by atoms with Crippen LogP contribution in [0.25, 0.3) is 0 Å². The molecule has 0 aliphatic rings. The Morgan fingerprint density at radius 3 is 2.94 bits per heavy atom. The third-order valence-corrected chi connectivity index (χ3v) is 2.16. The van der Waals surface area contributed by atoms with Crippen molar-refractivity contribution in [3.8, 4) is 0 Å². The van der Waals surface area contributed by atoms with E-state index in [9.17, 15) is 4.79 Å². The molecule has 1 aromatic heterocycles. The number of tetrazole rings is 1. The predicted octanol–water partition coefficient (Wildman–Crippen LogP) is -0.196. The topological polar surface area (TPSA) is 92.9 Å². The number of aliphatic hydroxyl groups excluding tert-OH is 1. The van der Waals surface area contributed by atoms with Gasteiger partial charge in [0.25, 0.3) is 0 Å². The van der Waals surface area contributed by atoms with Crippen molar-refractivity contribution < 1.29 is 9.90 Å². The van der Waals surface area contributed by atoms with Crippen molar-refractivity contribution in [3.05, 3.63) is 36.2 Å². The fourth-order valence-corrected chi connectivity index (χ4v) is 1.37. The Bertz CT molecular complexity index is 497. The maximum absolute atomic E-state index is 11.6. The molecule has 0 aliphatic carbocycles. The van der Waals surface area contributed by atoms with Gasteiger partial charge in [-0.1, -0.05) is 18.2 Å².